The highest BCUT2D eigenvalue weighted by Gasteiger charge is 2.26. The number of ether oxygens (including phenoxy) is 1. The van der Waals surface area contributed by atoms with Crippen LogP contribution in [-0.2, 0) is 6.54 Å². The van der Waals surface area contributed by atoms with Crippen molar-refractivity contribution in [3.05, 3.63) is 65.0 Å². The number of aromatic carboxylic acids is 1. The Kier molecular flexibility index (Phi) is 7.37. The van der Waals surface area contributed by atoms with Gasteiger partial charge in [-0.15, -0.1) is 11.3 Å². The third-order valence-corrected chi connectivity index (χ3v) is 8.32. The highest BCUT2D eigenvalue weighted by molar-refractivity contribution is 7.14. The first kappa shape index (κ1) is 23.9. The summed E-state index contributed by atoms with van der Waals surface area (Å²) in [5, 5.41) is 12.5. The molecule has 35 heavy (non-hydrogen) atoms. The van der Waals surface area contributed by atoms with Gasteiger partial charge in [0.1, 0.15) is 5.75 Å². The van der Waals surface area contributed by atoms with Crippen LogP contribution in [0.15, 0.2) is 53.9 Å². The lowest BCUT2D eigenvalue weighted by atomic mass is 9.89. The molecular formula is C29H34N2O3S. The number of hydrogen-bond donors (Lipinski definition) is 1. The van der Waals surface area contributed by atoms with E-state index in [1.165, 1.54) is 25.7 Å². The van der Waals surface area contributed by atoms with Crippen molar-refractivity contribution < 1.29 is 14.6 Å². The number of anilines is 1. The summed E-state index contributed by atoms with van der Waals surface area (Å²) in [6.07, 6.45) is 9.90. The zero-order chi connectivity index (χ0) is 24.2. The van der Waals surface area contributed by atoms with Gasteiger partial charge in [0.2, 0.25) is 0 Å². The maximum absolute atomic E-state index is 11.4. The molecule has 0 radical (unpaired) electrons. The number of thiazole rings is 1. The summed E-state index contributed by atoms with van der Waals surface area (Å²) in [5.41, 5.74) is 3.41. The molecule has 184 valence electrons. The Morgan fingerprint density at radius 1 is 1.06 bits per heavy atom. The Balaban J connectivity index is 1.31. The molecule has 0 aliphatic heterocycles. The predicted octanol–water partition coefficient (Wildman–Crippen LogP) is 7.42. The second-order valence-electron chi connectivity index (χ2n) is 10.1. The second-order valence-corrected chi connectivity index (χ2v) is 10.9. The van der Waals surface area contributed by atoms with Gasteiger partial charge in [-0.25, -0.2) is 9.78 Å². The van der Waals surface area contributed by atoms with Gasteiger partial charge in [-0.1, -0.05) is 31.9 Å². The first-order valence-corrected chi connectivity index (χ1v) is 13.7. The van der Waals surface area contributed by atoms with Gasteiger partial charge < -0.3 is 14.7 Å². The Bertz CT molecular complexity index is 1130. The van der Waals surface area contributed by atoms with E-state index in [9.17, 15) is 9.90 Å². The van der Waals surface area contributed by atoms with Crippen molar-refractivity contribution in [2.45, 2.75) is 77.0 Å². The monoisotopic (exact) mass is 490 g/mol. The Labute approximate surface area is 211 Å². The quantitative estimate of drug-likeness (QED) is 0.356. The molecule has 2 aliphatic rings. The topological polar surface area (TPSA) is 62.7 Å². The molecule has 2 aliphatic carbocycles. The van der Waals surface area contributed by atoms with Crippen LogP contribution >= 0.6 is 11.3 Å². The number of hydrogen-bond acceptors (Lipinski definition) is 5. The lowest BCUT2D eigenvalue weighted by Gasteiger charge is -2.28. The average molecular weight is 491 g/mol. The summed E-state index contributed by atoms with van der Waals surface area (Å²) in [4.78, 5) is 18.8. The van der Waals surface area contributed by atoms with Gasteiger partial charge >= 0.3 is 5.97 Å². The lowest BCUT2D eigenvalue weighted by Crippen LogP contribution is -2.32. The van der Waals surface area contributed by atoms with Crippen LogP contribution in [-0.4, -0.2) is 28.2 Å². The molecule has 1 heterocycles. The van der Waals surface area contributed by atoms with E-state index in [0.717, 1.165) is 59.3 Å². The molecule has 2 aromatic carbocycles. The van der Waals surface area contributed by atoms with Crippen LogP contribution in [0.25, 0.3) is 11.3 Å². The molecule has 3 aromatic rings. The van der Waals surface area contributed by atoms with Crippen molar-refractivity contribution in [3.63, 3.8) is 0 Å². The van der Waals surface area contributed by atoms with Gasteiger partial charge in [0, 0.05) is 23.5 Å². The van der Waals surface area contributed by atoms with Crippen LogP contribution in [0.4, 0.5) is 5.13 Å². The molecule has 0 atom stereocenters. The lowest BCUT2D eigenvalue weighted by molar-refractivity contribution is 0.0696. The number of carboxylic acid groups (broad SMARTS) is 1. The molecule has 5 nitrogen and oxygen atoms in total. The standard InChI is InChI=1S/C29H34N2O3S/c1-20-9-13-25(14-10-20)34-26-15-11-22(12-16-26)27-19-35-29(30-27)31(24-7-2-3-8-24)18-21-5-4-6-23(17-21)28(32)33/h4-6,11-12,15-17,19-20,24-25H,2-3,7-10,13-14,18H2,1H3,(H,32,33). The van der Waals surface area contributed by atoms with Crippen molar-refractivity contribution in [1.29, 1.82) is 0 Å². The van der Waals surface area contributed by atoms with Crippen LogP contribution in [0.1, 0.15) is 74.2 Å². The Hall–Kier alpha value is -2.86. The van der Waals surface area contributed by atoms with Gasteiger partial charge in [0.15, 0.2) is 5.13 Å². The summed E-state index contributed by atoms with van der Waals surface area (Å²) in [6, 6.07) is 16.1. The Morgan fingerprint density at radius 2 is 1.80 bits per heavy atom. The Morgan fingerprint density at radius 3 is 2.51 bits per heavy atom. The number of rotatable bonds is 8. The van der Waals surface area contributed by atoms with Crippen LogP contribution in [0.5, 0.6) is 5.75 Å². The van der Waals surface area contributed by atoms with Crippen molar-refractivity contribution >= 4 is 22.4 Å². The smallest absolute Gasteiger partial charge is 0.335 e. The van der Waals surface area contributed by atoms with E-state index in [-0.39, 0.29) is 0 Å². The first-order chi connectivity index (χ1) is 17.0. The zero-order valence-electron chi connectivity index (χ0n) is 20.4. The van der Waals surface area contributed by atoms with Gasteiger partial charge in [0.05, 0.1) is 17.4 Å². The number of benzene rings is 2. The van der Waals surface area contributed by atoms with Gasteiger partial charge in [-0.3, -0.25) is 0 Å². The second kappa shape index (κ2) is 10.8. The minimum absolute atomic E-state index is 0.332. The average Bonchev–Trinajstić information content (AvgIpc) is 3.58. The molecule has 0 amide bonds. The first-order valence-electron chi connectivity index (χ1n) is 12.9. The molecular weight excluding hydrogens is 456 g/mol. The third-order valence-electron chi connectivity index (χ3n) is 7.45. The van der Waals surface area contributed by atoms with Crippen LogP contribution < -0.4 is 9.64 Å². The third kappa shape index (κ3) is 5.87. The molecule has 2 saturated carbocycles. The molecule has 2 fully saturated rings. The molecule has 0 saturated heterocycles. The maximum Gasteiger partial charge on any atom is 0.335 e. The van der Waals surface area contributed by atoms with E-state index in [1.54, 1.807) is 23.5 Å². The summed E-state index contributed by atoms with van der Waals surface area (Å²) < 4.78 is 6.23. The zero-order valence-corrected chi connectivity index (χ0v) is 21.2. The molecule has 0 spiro atoms. The van der Waals surface area contributed by atoms with E-state index in [2.05, 4.69) is 41.5 Å². The predicted molar refractivity (Wildman–Crippen MR) is 141 cm³/mol. The van der Waals surface area contributed by atoms with Crippen LogP contribution in [0.3, 0.4) is 0 Å². The molecule has 1 N–H and O–H groups in total. The van der Waals surface area contributed by atoms with Gasteiger partial charge in [-0.2, -0.15) is 0 Å². The molecule has 6 heteroatoms. The van der Waals surface area contributed by atoms with Gasteiger partial charge in [-0.05, 0) is 86.4 Å². The van der Waals surface area contributed by atoms with E-state index in [1.807, 2.05) is 12.1 Å². The largest absolute Gasteiger partial charge is 0.490 e. The number of aromatic nitrogens is 1. The van der Waals surface area contributed by atoms with Crippen LogP contribution in [0, 0.1) is 5.92 Å². The summed E-state index contributed by atoms with van der Waals surface area (Å²) in [6.45, 7) is 3.00. The molecule has 0 bridgehead atoms. The maximum atomic E-state index is 11.4. The number of carbonyl (C=O) groups is 1. The number of carboxylic acids is 1. The van der Waals surface area contributed by atoms with E-state index >= 15 is 0 Å². The van der Waals surface area contributed by atoms with E-state index < -0.39 is 5.97 Å². The van der Waals surface area contributed by atoms with Crippen molar-refractivity contribution in [2.75, 3.05) is 4.90 Å². The number of nitrogens with zero attached hydrogens (tertiary/aromatic N) is 2. The molecule has 1 aromatic heterocycles. The highest BCUT2D eigenvalue weighted by atomic mass is 32.1. The minimum atomic E-state index is -0.888. The fourth-order valence-electron chi connectivity index (χ4n) is 5.34. The van der Waals surface area contributed by atoms with Crippen molar-refractivity contribution in [3.8, 4) is 17.0 Å². The summed E-state index contributed by atoms with van der Waals surface area (Å²) >= 11 is 1.67. The van der Waals surface area contributed by atoms with E-state index in [0.29, 0.717) is 24.3 Å². The summed E-state index contributed by atoms with van der Waals surface area (Å²) in [5.74, 6) is 0.872. The SMILES string of the molecule is CC1CCC(Oc2ccc(-c3csc(N(Cc4cccc(C(=O)O)c4)C4CCCC4)n3)cc2)CC1. The minimum Gasteiger partial charge on any atom is -0.490 e. The van der Waals surface area contributed by atoms with Crippen molar-refractivity contribution in [1.82, 2.24) is 4.98 Å². The highest BCUT2D eigenvalue weighted by Crippen LogP contribution is 2.35. The fourth-order valence-corrected chi connectivity index (χ4v) is 6.25. The van der Waals surface area contributed by atoms with Gasteiger partial charge in [0.25, 0.3) is 0 Å². The van der Waals surface area contributed by atoms with Crippen LogP contribution in [0.2, 0.25) is 0 Å². The summed E-state index contributed by atoms with van der Waals surface area (Å²) in [7, 11) is 0. The molecule has 5 rings (SSSR count). The van der Waals surface area contributed by atoms with Crippen molar-refractivity contribution in [2.24, 2.45) is 5.92 Å². The fraction of sp³-hybridized carbons (Fsp3) is 0.448. The normalized spacial score (nSPS) is 20.6. The van der Waals surface area contributed by atoms with E-state index in [4.69, 9.17) is 9.72 Å². The molecule has 0 unspecified atom stereocenters.